The average Bonchev–Trinajstić information content (AvgIpc) is 3.18. The Balaban J connectivity index is 1.38. The van der Waals surface area contributed by atoms with E-state index >= 15 is 0 Å². The third-order valence-electron chi connectivity index (χ3n) is 10.4. The number of hydrogen-bond acceptors (Lipinski definition) is 1. The standard InChI is InChI=1S/C44H35N/c1-28-20-24-36-37(26-28)42(31-23-25-33-32-14-8-9-17-38(32)44(2,3)39(33)27-31)34-15-6-7-16-35(34)43(36)45-40-18-10-4-12-29(40)21-22-30-13-5-11-19-41(30)45/h4-20,23-27H,21-22H2,1-3H3. The molecule has 0 saturated carbocycles. The van der Waals surface area contributed by atoms with E-state index in [-0.39, 0.29) is 5.41 Å². The van der Waals surface area contributed by atoms with E-state index in [4.69, 9.17) is 0 Å². The number of aryl methyl sites for hydroxylation is 3. The minimum absolute atomic E-state index is 0.0527. The number of para-hydroxylation sites is 2. The molecule has 0 atom stereocenters. The SMILES string of the molecule is Cc1ccc2c(N3c4ccccc4CCc4ccccc43)c3ccccc3c(-c3ccc4c(c3)C(C)(C)c3ccccc3-4)c2c1. The van der Waals surface area contributed by atoms with Gasteiger partial charge < -0.3 is 4.90 Å². The van der Waals surface area contributed by atoms with Crippen LogP contribution in [-0.2, 0) is 18.3 Å². The number of benzene rings is 7. The summed E-state index contributed by atoms with van der Waals surface area (Å²) in [5, 5.41) is 5.15. The molecule has 2 aliphatic rings. The second-order valence-corrected chi connectivity index (χ2v) is 13.3. The molecule has 1 aliphatic heterocycles. The van der Waals surface area contributed by atoms with Gasteiger partial charge in [-0.05, 0) is 93.2 Å². The van der Waals surface area contributed by atoms with Crippen LogP contribution in [0.25, 0.3) is 43.8 Å². The van der Waals surface area contributed by atoms with Gasteiger partial charge in [-0.3, -0.25) is 0 Å². The number of hydrogen-bond donors (Lipinski definition) is 0. The van der Waals surface area contributed by atoms with Gasteiger partial charge in [0.2, 0.25) is 0 Å². The van der Waals surface area contributed by atoms with Gasteiger partial charge in [-0.2, -0.15) is 0 Å². The van der Waals surface area contributed by atoms with Gasteiger partial charge in [0.15, 0.2) is 0 Å². The summed E-state index contributed by atoms with van der Waals surface area (Å²) in [6, 6.07) is 50.2. The van der Waals surface area contributed by atoms with Crippen molar-refractivity contribution >= 4 is 38.6 Å². The lowest BCUT2D eigenvalue weighted by atomic mass is 9.81. The predicted octanol–water partition coefficient (Wildman–Crippen LogP) is 11.8. The number of fused-ring (bicyclic) bond motifs is 7. The fourth-order valence-electron chi connectivity index (χ4n) is 8.20. The van der Waals surface area contributed by atoms with Gasteiger partial charge in [0.25, 0.3) is 0 Å². The molecule has 0 radical (unpaired) electrons. The monoisotopic (exact) mass is 577 g/mol. The van der Waals surface area contributed by atoms with E-state index < -0.39 is 0 Å². The molecule has 216 valence electrons. The van der Waals surface area contributed by atoms with E-state index in [1.165, 1.54) is 88.7 Å². The van der Waals surface area contributed by atoms with Crippen LogP contribution in [0.3, 0.4) is 0 Å². The highest BCUT2D eigenvalue weighted by atomic mass is 15.2. The van der Waals surface area contributed by atoms with Crippen LogP contribution in [0.5, 0.6) is 0 Å². The highest BCUT2D eigenvalue weighted by Crippen LogP contribution is 2.53. The molecule has 0 unspecified atom stereocenters. The Labute approximate surface area is 265 Å². The van der Waals surface area contributed by atoms with Crippen molar-refractivity contribution in [3.8, 4) is 22.3 Å². The molecule has 7 aromatic carbocycles. The average molecular weight is 578 g/mol. The maximum absolute atomic E-state index is 2.56. The summed E-state index contributed by atoms with van der Waals surface area (Å²) in [6.07, 6.45) is 2.06. The first kappa shape index (κ1) is 26.3. The van der Waals surface area contributed by atoms with Crippen molar-refractivity contribution in [1.82, 2.24) is 0 Å². The van der Waals surface area contributed by atoms with Crippen LogP contribution < -0.4 is 4.90 Å². The third kappa shape index (κ3) is 3.80. The van der Waals surface area contributed by atoms with Crippen molar-refractivity contribution in [2.45, 2.75) is 39.0 Å². The molecule has 1 aliphatic carbocycles. The first-order valence-corrected chi connectivity index (χ1v) is 16.2. The Morgan fingerprint density at radius 2 is 1.11 bits per heavy atom. The topological polar surface area (TPSA) is 3.24 Å². The van der Waals surface area contributed by atoms with E-state index in [2.05, 4.69) is 159 Å². The lowest BCUT2D eigenvalue weighted by molar-refractivity contribution is 0.660. The van der Waals surface area contributed by atoms with Gasteiger partial charge in [-0.1, -0.05) is 135 Å². The normalized spacial score (nSPS) is 14.5. The van der Waals surface area contributed by atoms with Crippen LogP contribution >= 0.6 is 0 Å². The largest absolute Gasteiger partial charge is 0.309 e. The smallest absolute Gasteiger partial charge is 0.0619 e. The molecule has 9 rings (SSSR count). The highest BCUT2D eigenvalue weighted by Gasteiger charge is 2.35. The first-order chi connectivity index (χ1) is 22.0. The molecule has 0 N–H and O–H groups in total. The van der Waals surface area contributed by atoms with Crippen LogP contribution in [-0.4, -0.2) is 0 Å². The summed E-state index contributed by atoms with van der Waals surface area (Å²) in [7, 11) is 0. The molecule has 0 spiro atoms. The lowest BCUT2D eigenvalue weighted by Crippen LogP contribution is -2.15. The van der Waals surface area contributed by atoms with Gasteiger partial charge in [-0.15, -0.1) is 0 Å². The van der Waals surface area contributed by atoms with Crippen molar-refractivity contribution in [1.29, 1.82) is 0 Å². The summed E-state index contributed by atoms with van der Waals surface area (Å²) in [5.41, 5.74) is 16.0. The van der Waals surface area contributed by atoms with Crippen molar-refractivity contribution in [2.75, 3.05) is 4.90 Å². The Morgan fingerprint density at radius 1 is 0.511 bits per heavy atom. The Hall–Kier alpha value is -5.14. The number of anilines is 3. The molecule has 45 heavy (non-hydrogen) atoms. The van der Waals surface area contributed by atoms with E-state index in [1.807, 2.05) is 0 Å². The summed E-state index contributed by atoms with van der Waals surface area (Å²) in [4.78, 5) is 2.56. The first-order valence-electron chi connectivity index (χ1n) is 16.2. The lowest BCUT2D eigenvalue weighted by Gasteiger charge is -2.31. The van der Waals surface area contributed by atoms with Crippen LogP contribution in [0.1, 0.15) is 41.7 Å². The van der Waals surface area contributed by atoms with E-state index in [0.29, 0.717) is 0 Å². The molecule has 0 saturated heterocycles. The Bertz CT molecular complexity index is 2270. The molecule has 7 aromatic rings. The quantitative estimate of drug-likeness (QED) is 0.185. The van der Waals surface area contributed by atoms with E-state index in [1.54, 1.807) is 0 Å². The van der Waals surface area contributed by atoms with Gasteiger partial charge in [0, 0.05) is 27.6 Å². The number of rotatable bonds is 2. The summed E-state index contributed by atoms with van der Waals surface area (Å²) < 4.78 is 0. The van der Waals surface area contributed by atoms with Crippen LogP contribution in [0, 0.1) is 6.92 Å². The Kier molecular flexibility index (Phi) is 5.65. The van der Waals surface area contributed by atoms with Crippen molar-refractivity contribution in [2.24, 2.45) is 0 Å². The molecule has 0 fully saturated rings. The zero-order valence-electron chi connectivity index (χ0n) is 26.1. The second kappa shape index (κ2) is 9.68. The van der Waals surface area contributed by atoms with Gasteiger partial charge in [-0.25, -0.2) is 0 Å². The number of nitrogens with zero attached hydrogens (tertiary/aromatic N) is 1. The van der Waals surface area contributed by atoms with Crippen LogP contribution in [0.15, 0.2) is 133 Å². The maximum atomic E-state index is 2.56. The Morgan fingerprint density at radius 3 is 1.87 bits per heavy atom. The molecule has 0 aromatic heterocycles. The fraction of sp³-hybridized carbons (Fsp3) is 0.136. The van der Waals surface area contributed by atoms with Gasteiger partial charge in [0.05, 0.1) is 5.69 Å². The predicted molar refractivity (Wildman–Crippen MR) is 191 cm³/mol. The maximum Gasteiger partial charge on any atom is 0.0619 e. The van der Waals surface area contributed by atoms with Crippen molar-refractivity contribution in [3.05, 3.63) is 161 Å². The zero-order chi connectivity index (χ0) is 30.3. The minimum atomic E-state index is -0.0527. The molecule has 1 heterocycles. The van der Waals surface area contributed by atoms with Crippen LogP contribution in [0.2, 0.25) is 0 Å². The molecule has 0 amide bonds. The molecule has 1 heteroatoms. The molecular formula is C44H35N. The molecule has 1 nitrogen and oxygen atoms in total. The van der Waals surface area contributed by atoms with Gasteiger partial charge >= 0.3 is 0 Å². The summed E-state index contributed by atoms with van der Waals surface area (Å²) >= 11 is 0. The second-order valence-electron chi connectivity index (χ2n) is 13.3. The third-order valence-corrected chi connectivity index (χ3v) is 10.4. The van der Waals surface area contributed by atoms with Gasteiger partial charge in [0.1, 0.15) is 0 Å². The summed E-state index contributed by atoms with van der Waals surface area (Å²) in [5.74, 6) is 0. The molecular weight excluding hydrogens is 542 g/mol. The highest BCUT2D eigenvalue weighted by molar-refractivity contribution is 6.22. The van der Waals surface area contributed by atoms with E-state index in [9.17, 15) is 0 Å². The van der Waals surface area contributed by atoms with E-state index in [0.717, 1.165) is 12.8 Å². The summed E-state index contributed by atoms with van der Waals surface area (Å²) in [6.45, 7) is 6.97. The van der Waals surface area contributed by atoms with Crippen molar-refractivity contribution in [3.63, 3.8) is 0 Å². The minimum Gasteiger partial charge on any atom is -0.309 e. The molecule has 0 bridgehead atoms. The fourth-order valence-corrected chi connectivity index (χ4v) is 8.20. The van der Waals surface area contributed by atoms with Crippen LogP contribution in [0.4, 0.5) is 17.1 Å². The zero-order valence-corrected chi connectivity index (χ0v) is 26.1. The van der Waals surface area contributed by atoms with Crippen molar-refractivity contribution < 1.29 is 0 Å².